The highest BCUT2D eigenvalue weighted by Crippen LogP contribution is 2.43. The van der Waals surface area contributed by atoms with Gasteiger partial charge >= 0.3 is 6.09 Å². The molecule has 2 aliphatic carbocycles. The van der Waals surface area contributed by atoms with Gasteiger partial charge in [0.15, 0.2) is 0 Å². The Balaban J connectivity index is 0.000000400. The van der Waals surface area contributed by atoms with Crippen LogP contribution >= 0.6 is 11.3 Å². The highest BCUT2D eigenvalue weighted by molar-refractivity contribution is 7.18. The first kappa shape index (κ1) is 18.7. The highest BCUT2D eigenvalue weighted by atomic mass is 32.1. The predicted octanol–water partition coefficient (Wildman–Crippen LogP) is 5.68. The number of thiazole rings is 1. The van der Waals surface area contributed by atoms with Crippen LogP contribution in [0.15, 0.2) is 18.2 Å². The Bertz CT molecular complexity index is 771. The molecule has 0 radical (unpaired) electrons. The third-order valence-electron chi connectivity index (χ3n) is 6.03. The van der Waals surface area contributed by atoms with Gasteiger partial charge in [0.2, 0.25) is 0 Å². The van der Waals surface area contributed by atoms with Gasteiger partial charge in [-0.1, -0.05) is 32.1 Å². The van der Waals surface area contributed by atoms with Gasteiger partial charge in [-0.05, 0) is 57.0 Å². The fourth-order valence-electron chi connectivity index (χ4n) is 3.94. The summed E-state index contributed by atoms with van der Waals surface area (Å²) in [5.41, 5.74) is 1.59. The number of nitrogens with one attached hydrogen (secondary N) is 1. The molecule has 5 nitrogen and oxygen atoms in total. The molecule has 27 heavy (non-hydrogen) atoms. The van der Waals surface area contributed by atoms with Crippen LogP contribution in [-0.2, 0) is 0 Å². The summed E-state index contributed by atoms with van der Waals surface area (Å²) in [5.74, 6) is 0.579. The number of amides is 1. The SMILES string of the molecule is C1CCC1.O=C(O)Nc1ccc2nc(C3CC(N4CCCCC4)C3)sc2c1. The van der Waals surface area contributed by atoms with Gasteiger partial charge in [-0.3, -0.25) is 5.32 Å². The van der Waals surface area contributed by atoms with Gasteiger partial charge in [-0.15, -0.1) is 11.3 Å². The van der Waals surface area contributed by atoms with E-state index in [1.54, 1.807) is 17.4 Å². The zero-order valence-corrected chi connectivity index (χ0v) is 16.6. The third-order valence-corrected chi connectivity index (χ3v) is 7.21. The highest BCUT2D eigenvalue weighted by Gasteiger charge is 2.36. The van der Waals surface area contributed by atoms with Crippen LogP contribution in [0.2, 0.25) is 0 Å². The van der Waals surface area contributed by atoms with Gasteiger partial charge in [-0.25, -0.2) is 9.78 Å². The molecule has 3 fully saturated rings. The van der Waals surface area contributed by atoms with E-state index in [4.69, 9.17) is 10.1 Å². The standard InChI is InChI=1S/C17H21N3O2S.C4H8/c21-17(22)18-12-4-5-14-15(10-12)23-16(19-14)11-8-13(9-11)20-6-2-1-3-7-20;1-2-4-3-1/h4-5,10-11,13,18H,1-3,6-9H2,(H,21,22);1-4H2. The van der Waals surface area contributed by atoms with E-state index in [1.807, 2.05) is 12.1 Å². The molecule has 2 aromatic rings. The minimum absolute atomic E-state index is 0.579. The van der Waals surface area contributed by atoms with E-state index >= 15 is 0 Å². The fourth-order valence-corrected chi connectivity index (χ4v) is 5.07. The van der Waals surface area contributed by atoms with Gasteiger partial charge in [0, 0.05) is 17.6 Å². The van der Waals surface area contributed by atoms with Crippen LogP contribution in [0.25, 0.3) is 10.2 Å². The molecule has 6 heteroatoms. The zero-order chi connectivity index (χ0) is 18.6. The van der Waals surface area contributed by atoms with Crippen LogP contribution in [0.4, 0.5) is 10.5 Å². The fraction of sp³-hybridized carbons (Fsp3) is 0.619. The number of nitrogens with zero attached hydrogens (tertiary/aromatic N) is 2. The number of carboxylic acid groups (broad SMARTS) is 1. The molecule has 2 N–H and O–H groups in total. The van der Waals surface area contributed by atoms with Crippen LogP contribution < -0.4 is 5.32 Å². The van der Waals surface area contributed by atoms with E-state index < -0.39 is 6.09 Å². The van der Waals surface area contributed by atoms with Gasteiger partial charge in [0.05, 0.1) is 15.2 Å². The zero-order valence-electron chi connectivity index (χ0n) is 15.8. The topological polar surface area (TPSA) is 65.5 Å². The lowest BCUT2D eigenvalue weighted by atomic mass is 9.79. The monoisotopic (exact) mass is 387 g/mol. The quantitative estimate of drug-likeness (QED) is 0.711. The van der Waals surface area contributed by atoms with Gasteiger partial charge < -0.3 is 10.0 Å². The number of carbonyl (C=O) groups is 1. The van der Waals surface area contributed by atoms with Crippen LogP contribution in [-0.4, -0.2) is 40.2 Å². The maximum atomic E-state index is 10.7. The Labute approximate surface area is 164 Å². The Morgan fingerprint density at radius 2 is 1.74 bits per heavy atom. The smallest absolute Gasteiger partial charge is 0.409 e. The largest absolute Gasteiger partial charge is 0.465 e. The summed E-state index contributed by atoms with van der Waals surface area (Å²) >= 11 is 1.71. The lowest BCUT2D eigenvalue weighted by Gasteiger charge is -2.43. The van der Waals surface area contributed by atoms with E-state index in [-0.39, 0.29) is 0 Å². The minimum atomic E-state index is -1.03. The van der Waals surface area contributed by atoms with Crippen molar-refractivity contribution in [2.75, 3.05) is 18.4 Å². The number of fused-ring (bicyclic) bond motifs is 1. The molecule has 1 amide bonds. The van der Waals surface area contributed by atoms with Crippen LogP contribution in [0.1, 0.15) is 68.7 Å². The molecule has 0 bridgehead atoms. The first-order chi connectivity index (χ1) is 13.2. The first-order valence-corrected chi connectivity index (χ1v) is 11.2. The Morgan fingerprint density at radius 1 is 1.07 bits per heavy atom. The number of anilines is 1. The van der Waals surface area contributed by atoms with Crippen molar-refractivity contribution in [3.05, 3.63) is 23.2 Å². The average molecular weight is 388 g/mol. The number of piperidine rings is 1. The third kappa shape index (κ3) is 4.61. The predicted molar refractivity (Wildman–Crippen MR) is 111 cm³/mol. The number of likely N-dealkylation sites (tertiary alicyclic amines) is 1. The maximum absolute atomic E-state index is 10.7. The van der Waals surface area contributed by atoms with Gasteiger partial charge in [0.1, 0.15) is 0 Å². The lowest BCUT2D eigenvalue weighted by Crippen LogP contribution is -2.46. The summed E-state index contributed by atoms with van der Waals surface area (Å²) in [7, 11) is 0. The summed E-state index contributed by atoms with van der Waals surface area (Å²) in [6.07, 6.45) is 11.5. The van der Waals surface area contributed by atoms with Gasteiger partial charge in [-0.2, -0.15) is 0 Å². The van der Waals surface area contributed by atoms with E-state index in [2.05, 4.69) is 10.2 Å². The molecule has 0 spiro atoms. The summed E-state index contributed by atoms with van der Waals surface area (Å²) in [5, 5.41) is 12.4. The van der Waals surface area contributed by atoms with Crippen molar-refractivity contribution in [3.8, 4) is 0 Å². The number of rotatable bonds is 3. The second-order valence-electron chi connectivity index (χ2n) is 8.00. The molecule has 1 aromatic carbocycles. The van der Waals surface area contributed by atoms with Crippen molar-refractivity contribution >= 4 is 33.3 Å². The molecule has 1 aromatic heterocycles. The van der Waals surface area contributed by atoms with Crippen LogP contribution in [0.5, 0.6) is 0 Å². The van der Waals surface area contributed by atoms with Crippen molar-refractivity contribution in [2.45, 2.75) is 69.7 Å². The van der Waals surface area contributed by atoms with E-state index in [1.165, 1.54) is 75.9 Å². The molecule has 1 saturated heterocycles. The van der Waals surface area contributed by atoms with Crippen molar-refractivity contribution < 1.29 is 9.90 Å². The van der Waals surface area contributed by atoms with E-state index in [0.717, 1.165) is 16.3 Å². The van der Waals surface area contributed by atoms with Crippen molar-refractivity contribution in [1.82, 2.24) is 9.88 Å². The molecule has 146 valence electrons. The van der Waals surface area contributed by atoms with E-state index in [9.17, 15) is 4.79 Å². The van der Waals surface area contributed by atoms with Crippen molar-refractivity contribution in [3.63, 3.8) is 0 Å². The first-order valence-electron chi connectivity index (χ1n) is 10.3. The second-order valence-corrected chi connectivity index (χ2v) is 9.06. The molecule has 0 unspecified atom stereocenters. The summed E-state index contributed by atoms with van der Waals surface area (Å²) in [4.78, 5) is 18.1. The molecule has 5 rings (SSSR count). The molecule has 1 aliphatic heterocycles. The Hall–Kier alpha value is -1.66. The lowest BCUT2D eigenvalue weighted by molar-refractivity contribution is 0.0888. The number of hydrogen-bond donors (Lipinski definition) is 2. The van der Waals surface area contributed by atoms with Crippen LogP contribution in [0.3, 0.4) is 0 Å². The van der Waals surface area contributed by atoms with Crippen LogP contribution in [0, 0.1) is 0 Å². The molecule has 2 saturated carbocycles. The summed E-state index contributed by atoms with van der Waals surface area (Å²) in [6, 6.07) is 6.31. The Kier molecular flexibility index (Phi) is 5.93. The van der Waals surface area contributed by atoms with Crippen molar-refractivity contribution in [2.24, 2.45) is 0 Å². The molecule has 2 heterocycles. The Morgan fingerprint density at radius 3 is 2.37 bits per heavy atom. The molecular weight excluding hydrogens is 358 g/mol. The normalized spacial score (nSPS) is 25.0. The number of hydrogen-bond acceptors (Lipinski definition) is 4. The number of aromatic nitrogens is 1. The van der Waals surface area contributed by atoms with Crippen molar-refractivity contribution in [1.29, 1.82) is 0 Å². The molecule has 3 aliphatic rings. The maximum Gasteiger partial charge on any atom is 0.409 e. The molecule has 0 atom stereocenters. The summed E-state index contributed by atoms with van der Waals surface area (Å²) in [6.45, 7) is 2.53. The van der Waals surface area contributed by atoms with Gasteiger partial charge in [0.25, 0.3) is 0 Å². The molecular formula is C21H29N3O2S. The van der Waals surface area contributed by atoms with E-state index in [0.29, 0.717) is 11.6 Å². The summed E-state index contributed by atoms with van der Waals surface area (Å²) < 4.78 is 1.06. The minimum Gasteiger partial charge on any atom is -0.465 e. The number of benzene rings is 1. The second kappa shape index (κ2) is 8.57. The average Bonchev–Trinajstić information content (AvgIpc) is 2.95.